The fourth-order valence-corrected chi connectivity index (χ4v) is 3.38. The molecule has 0 spiro atoms. The number of hydrogen-bond acceptors (Lipinski definition) is 4. The first-order valence-corrected chi connectivity index (χ1v) is 9.65. The zero-order chi connectivity index (χ0) is 20.3. The van der Waals surface area contributed by atoms with Crippen molar-refractivity contribution in [3.63, 3.8) is 0 Å². The number of benzene rings is 2. The molecule has 28 heavy (non-hydrogen) atoms. The molecule has 148 valence electrons. The second kappa shape index (κ2) is 8.71. The Bertz CT molecular complexity index is 904. The molecule has 1 saturated heterocycles. The summed E-state index contributed by atoms with van der Waals surface area (Å²) in [6.45, 7) is 2.42. The molecule has 0 aromatic heterocycles. The lowest BCUT2D eigenvalue weighted by Gasteiger charge is -2.21. The summed E-state index contributed by atoms with van der Waals surface area (Å²) < 4.78 is 5.45. The minimum atomic E-state index is -0.543. The van der Waals surface area contributed by atoms with E-state index in [9.17, 15) is 9.59 Å². The fourth-order valence-electron chi connectivity index (χ4n) is 3.04. The molecule has 1 fully saturated rings. The molecule has 1 heterocycles. The first kappa shape index (κ1) is 20.3. The van der Waals surface area contributed by atoms with Crippen molar-refractivity contribution >= 4 is 52.1 Å². The third kappa shape index (κ3) is 4.51. The first-order chi connectivity index (χ1) is 13.4. The van der Waals surface area contributed by atoms with Gasteiger partial charge in [-0.05, 0) is 43.7 Å². The van der Waals surface area contributed by atoms with Crippen molar-refractivity contribution in [1.29, 1.82) is 0 Å². The zero-order valence-corrected chi connectivity index (χ0v) is 17.1. The summed E-state index contributed by atoms with van der Waals surface area (Å²) in [6, 6.07) is 9.75. The van der Waals surface area contributed by atoms with Crippen LogP contribution < -0.4 is 20.3 Å². The molecule has 8 heteroatoms. The number of carbonyl (C=O) groups is 2. The van der Waals surface area contributed by atoms with Gasteiger partial charge in [0, 0.05) is 29.7 Å². The summed E-state index contributed by atoms with van der Waals surface area (Å²) in [6.07, 6.45) is 1.39. The number of amides is 2. The Hall–Kier alpha value is -2.44. The smallest absolute Gasteiger partial charge is 0.246 e. The standard InChI is InChI=1S/C20H21Cl2N3O3/c1-12(20(27)24-16-10-13(21)5-7-15(16)22)23-14-6-8-17(18(11-14)28-2)25-9-3-4-19(25)26/h5-8,10-12,23H,3-4,9H2,1-2H3,(H,24,27). The molecule has 2 amide bonds. The minimum absolute atomic E-state index is 0.0881. The Morgan fingerprint density at radius 1 is 1.21 bits per heavy atom. The number of hydrogen-bond donors (Lipinski definition) is 2. The zero-order valence-electron chi connectivity index (χ0n) is 15.6. The monoisotopic (exact) mass is 421 g/mol. The molecular formula is C20H21Cl2N3O3. The minimum Gasteiger partial charge on any atom is -0.494 e. The maximum atomic E-state index is 12.5. The molecule has 2 aromatic carbocycles. The highest BCUT2D eigenvalue weighted by atomic mass is 35.5. The van der Waals surface area contributed by atoms with E-state index in [0.717, 1.165) is 12.1 Å². The molecule has 6 nitrogen and oxygen atoms in total. The first-order valence-electron chi connectivity index (χ1n) is 8.90. The van der Waals surface area contributed by atoms with Crippen LogP contribution in [0.2, 0.25) is 10.0 Å². The Balaban J connectivity index is 1.71. The Labute approximate surface area is 173 Å². The predicted molar refractivity (Wildman–Crippen MR) is 113 cm³/mol. The number of nitrogens with one attached hydrogen (secondary N) is 2. The second-order valence-electron chi connectivity index (χ2n) is 6.52. The number of halogens is 2. The molecule has 0 radical (unpaired) electrons. The van der Waals surface area contributed by atoms with E-state index in [1.54, 1.807) is 43.2 Å². The lowest BCUT2D eigenvalue weighted by Crippen LogP contribution is -2.32. The lowest BCUT2D eigenvalue weighted by molar-refractivity contribution is -0.117. The Morgan fingerprint density at radius 2 is 2.00 bits per heavy atom. The van der Waals surface area contributed by atoms with Crippen LogP contribution in [0.3, 0.4) is 0 Å². The van der Waals surface area contributed by atoms with E-state index in [1.807, 2.05) is 12.1 Å². The Kier molecular flexibility index (Phi) is 6.31. The highest BCUT2D eigenvalue weighted by molar-refractivity contribution is 6.35. The summed E-state index contributed by atoms with van der Waals surface area (Å²) >= 11 is 12.0. The number of anilines is 3. The van der Waals surface area contributed by atoms with Gasteiger partial charge in [0.1, 0.15) is 11.8 Å². The van der Waals surface area contributed by atoms with Crippen LogP contribution in [0.4, 0.5) is 17.1 Å². The van der Waals surface area contributed by atoms with Gasteiger partial charge in [-0.15, -0.1) is 0 Å². The van der Waals surface area contributed by atoms with Crippen LogP contribution in [0.1, 0.15) is 19.8 Å². The molecule has 1 unspecified atom stereocenters. The lowest BCUT2D eigenvalue weighted by atomic mass is 10.2. The average Bonchev–Trinajstić information content (AvgIpc) is 3.10. The van der Waals surface area contributed by atoms with Gasteiger partial charge in [0.15, 0.2) is 0 Å². The maximum Gasteiger partial charge on any atom is 0.246 e. The quantitative estimate of drug-likeness (QED) is 0.716. The summed E-state index contributed by atoms with van der Waals surface area (Å²) in [5.41, 5.74) is 1.89. The van der Waals surface area contributed by atoms with E-state index in [2.05, 4.69) is 10.6 Å². The fraction of sp³-hybridized carbons (Fsp3) is 0.300. The molecule has 2 aromatic rings. The van der Waals surface area contributed by atoms with Gasteiger partial charge in [0.05, 0.1) is 23.5 Å². The number of ether oxygens (including phenoxy) is 1. The van der Waals surface area contributed by atoms with Gasteiger partial charge in [-0.1, -0.05) is 23.2 Å². The normalized spacial score (nSPS) is 14.7. The van der Waals surface area contributed by atoms with Crippen molar-refractivity contribution in [2.24, 2.45) is 0 Å². The van der Waals surface area contributed by atoms with Gasteiger partial charge in [-0.2, -0.15) is 0 Å². The van der Waals surface area contributed by atoms with E-state index >= 15 is 0 Å². The largest absolute Gasteiger partial charge is 0.494 e. The van der Waals surface area contributed by atoms with Crippen LogP contribution in [0.15, 0.2) is 36.4 Å². The van der Waals surface area contributed by atoms with Crippen LogP contribution >= 0.6 is 23.2 Å². The van der Waals surface area contributed by atoms with Gasteiger partial charge in [-0.25, -0.2) is 0 Å². The molecule has 0 saturated carbocycles. The number of rotatable bonds is 6. The highest BCUT2D eigenvalue weighted by Crippen LogP contribution is 2.34. The van der Waals surface area contributed by atoms with E-state index < -0.39 is 6.04 Å². The molecule has 1 atom stereocenters. The van der Waals surface area contributed by atoms with Gasteiger partial charge in [0.25, 0.3) is 0 Å². The third-order valence-corrected chi connectivity index (χ3v) is 5.07. The summed E-state index contributed by atoms with van der Waals surface area (Å²) in [5, 5.41) is 6.78. The third-order valence-electron chi connectivity index (χ3n) is 4.51. The van der Waals surface area contributed by atoms with Crippen molar-refractivity contribution in [2.75, 3.05) is 29.2 Å². The summed E-state index contributed by atoms with van der Waals surface area (Å²) in [5.74, 6) is 0.401. The van der Waals surface area contributed by atoms with Crippen molar-refractivity contribution in [2.45, 2.75) is 25.8 Å². The number of methoxy groups -OCH3 is 1. The van der Waals surface area contributed by atoms with Gasteiger partial charge >= 0.3 is 0 Å². The molecule has 3 rings (SSSR count). The van der Waals surface area contributed by atoms with Crippen molar-refractivity contribution in [3.05, 3.63) is 46.4 Å². The van der Waals surface area contributed by atoms with Crippen molar-refractivity contribution < 1.29 is 14.3 Å². The molecular weight excluding hydrogens is 401 g/mol. The van der Waals surface area contributed by atoms with Crippen molar-refractivity contribution in [1.82, 2.24) is 0 Å². The van der Waals surface area contributed by atoms with Crippen LogP contribution in [0.25, 0.3) is 0 Å². The van der Waals surface area contributed by atoms with Crippen LogP contribution in [-0.2, 0) is 9.59 Å². The maximum absolute atomic E-state index is 12.5. The molecule has 1 aliphatic rings. The topological polar surface area (TPSA) is 70.7 Å². The predicted octanol–water partition coefficient (Wildman–Crippen LogP) is 4.57. The molecule has 2 N–H and O–H groups in total. The molecule has 0 bridgehead atoms. The van der Waals surface area contributed by atoms with Crippen LogP contribution in [0, 0.1) is 0 Å². The van der Waals surface area contributed by atoms with Gasteiger partial charge in [-0.3, -0.25) is 9.59 Å². The Morgan fingerprint density at radius 3 is 2.68 bits per heavy atom. The van der Waals surface area contributed by atoms with Crippen LogP contribution in [0.5, 0.6) is 5.75 Å². The second-order valence-corrected chi connectivity index (χ2v) is 7.36. The summed E-state index contributed by atoms with van der Waals surface area (Å²) in [7, 11) is 1.56. The molecule has 0 aliphatic carbocycles. The van der Waals surface area contributed by atoms with Gasteiger partial charge in [0.2, 0.25) is 11.8 Å². The van der Waals surface area contributed by atoms with E-state index in [1.165, 1.54) is 0 Å². The van der Waals surface area contributed by atoms with E-state index in [4.69, 9.17) is 27.9 Å². The molecule has 1 aliphatic heterocycles. The highest BCUT2D eigenvalue weighted by Gasteiger charge is 2.25. The van der Waals surface area contributed by atoms with Gasteiger partial charge < -0.3 is 20.3 Å². The van der Waals surface area contributed by atoms with E-state index in [0.29, 0.717) is 40.1 Å². The average molecular weight is 422 g/mol. The SMILES string of the molecule is COc1cc(NC(C)C(=O)Nc2cc(Cl)ccc2Cl)ccc1N1CCCC1=O. The van der Waals surface area contributed by atoms with E-state index in [-0.39, 0.29) is 11.8 Å². The van der Waals surface area contributed by atoms with Crippen molar-refractivity contribution in [3.8, 4) is 5.75 Å². The summed E-state index contributed by atoms with van der Waals surface area (Å²) in [4.78, 5) is 26.2. The number of nitrogens with zero attached hydrogens (tertiary/aromatic N) is 1. The van der Waals surface area contributed by atoms with Crippen LogP contribution in [-0.4, -0.2) is 31.5 Å². The number of carbonyl (C=O) groups excluding carboxylic acids is 2.